The molecule has 0 radical (unpaired) electrons. The van der Waals surface area contributed by atoms with E-state index < -0.39 is 12.0 Å². The van der Waals surface area contributed by atoms with Crippen molar-refractivity contribution in [1.82, 2.24) is 10.2 Å². The van der Waals surface area contributed by atoms with Crippen molar-refractivity contribution >= 4 is 5.91 Å². The summed E-state index contributed by atoms with van der Waals surface area (Å²) >= 11 is 0. The van der Waals surface area contributed by atoms with Gasteiger partial charge in [0, 0.05) is 0 Å². The molecule has 0 spiro atoms. The Bertz CT molecular complexity index is 267. The van der Waals surface area contributed by atoms with Crippen molar-refractivity contribution in [3.63, 3.8) is 0 Å². The fourth-order valence-electron chi connectivity index (χ4n) is 0.677. The van der Waals surface area contributed by atoms with Gasteiger partial charge in [0.15, 0.2) is 0 Å². The first-order valence-corrected chi connectivity index (χ1v) is 3.14. The lowest BCUT2D eigenvalue weighted by Crippen LogP contribution is -2.11. The van der Waals surface area contributed by atoms with Gasteiger partial charge in [0.1, 0.15) is 5.69 Å². The average Bonchev–Trinajstić information content (AvgIpc) is 2.33. The maximum Gasteiger partial charge on any atom is 0.269 e. The van der Waals surface area contributed by atoms with Crippen molar-refractivity contribution in [3.05, 3.63) is 17.5 Å². The number of nitrogens with zero attached hydrogens (tertiary/aromatic N) is 1. The number of hydrogen-bond donors (Lipinski definition) is 3. The third kappa shape index (κ3) is 1.56. The third-order valence-corrected chi connectivity index (χ3v) is 1.30. The van der Waals surface area contributed by atoms with E-state index in [9.17, 15) is 4.79 Å². The number of primary amides is 1. The van der Waals surface area contributed by atoms with Crippen LogP contribution >= 0.6 is 0 Å². The van der Waals surface area contributed by atoms with E-state index in [0.717, 1.165) is 0 Å². The highest BCUT2D eigenvalue weighted by atomic mass is 16.3. The molecule has 0 aromatic carbocycles. The van der Waals surface area contributed by atoms with Crippen molar-refractivity contribution in [2.24, 2.45) is 5.73 Å². The fraction of sp³-hybridized carbons (Fsp3) is 0.333. The van der Waals surface area contributed by atoms with E-state index in [1.807, 2.05) is 0 Å². The van der Waals surface area contributed by atoms with Gasteiger partial charge in [-0.3, -0.25) is 9.89 Å². The number of aliphatic hydroxyl groups is 1. The summed E-state index contributed by atoms with van der Waals surface area (Å²) in [6.07, 6.45) is -0.657. The summed E-state index contributed by atoms with van der Waals surface area (Å²) in [6, 6.07) is 1.42. The smallest absolute Gasteiger partial charge is 0.269 e. The maximum absolute atomic E-state index is 10.5. The number of rotatable bonds is 2. The SMILES string of the molecule is C[C@@H](O)c1cc(C(N)=O)n[nH]1. The number of carbonyl (C=O) groups is 1. The largest absolute Gasteiger partial charge is 0.387 e. The van der Waals surface area contributed by atoms with E-state index in [1.54, 1.807) is 6.92 Å². The van der Waals surface area contributed by atoms with Gasteiger partial charge in [0.2, 0.25) is 0 Å². The highest BCUT2D eigenvalue weighted by molar-refractivity contribution is 5.90. The summed E-state index contributed by atoms with van der Waals surface area (Å²) in [5.74, 6) is -0.604. The van der Waals surface area contributed by atoms with E-state index in [-0.39, 0.29) is 5.69 Å². The topological polar surface area (TPSA) is 92.0 Å². The Balaban J connectivity index is 2.90. The van der Waals surface area contributed by atoms with Gasteiger partial charge in [-0.25, -0.2) is 0 Å². The lowest BCUT2D eigenvalue weighted by molar-refractivity contribution is 0.0995. The van der Waals surface area contributed by atoms with Crippen molar-refractivity contribution < 1.29 is 9.90 Å². The number of aliphatic hydroxyl groups excluding tert-OH is 1. The molecule has 60 valence electrons. The molecule has 0 fully saturated rings. The molecule has 1 aromatic rings. The first-order chi connectivity index (χ1) is 5.11. The molecule has 0 aliphatic rings. The zero-order valence-corrected chi connectivity index (χ0v) is 6.03. The Morgan fingerprint density at radius 2 is 2.55 bits per heavy atom. The molecule has 1 heterocycles. The van der Waals surface area contributed by atoms with Crippen molar-refractivity contribution in [2.45, 2.75) is 13.0 Å². The van der Waals surface area contributed by atoms with E-state index >= 15 is 0 Å². The van der Waals surface area contributed by atoms with E-state index in [1.165, 1.54) is 6.07 Å². The molecule has 5 heteroatoms. The van der Waals surface area contributed by atoms with Crippen LogP contribution in [0.4, 0.5) is 0 Å². The number of nitrogens with one attached hydrogen (secondary N) is 1. The van der Waals surface area contributed by atoms with Gasteiger partial charge in [0.05, 0.1) is 11.8 Å². The molecule has 1 aromatic heterocycles. The van der Waals surface area contributed by atoms with Crippen LogP contribution in [0.1, 0.15) is 29.2 Å². The minimum atomic E-state index is -0.657. The molecule has 4 N–H and O–H groups in total. The zero-order chi connectivity index (χ0) is 8.43. The number of hydrogen-bond acceptors (Lipinski definition) is 3. The first kappa shape index (κ1) is 7.74. The summed E-state index contributed by atoms with van der Waals surface area (Å²) in [6.45, 7) is 1.57. The summed E-state index contributed by atoms with van der Waals surface area (Å²) in [5, 5.41) is 15.1. The predicted octanol–water partition coefficient (Wildman–Crippen LogP) is -0.438. The van der Waals surface area contributed by atoms with Crippen LogP contribution in [-0.4, -0.2) is 21.2 Å². The standard InChI is InChI=1S/C6H9N3O2/c1-3(10)4-2-5(6(7)11)9-8-4/h2-3,10H,1H3,(H2,7,11)(H,8,9)/t3-/m1/s1. The zero-order valence-electron chi connectivity index (χ0n) is 6.03. The maximum atomic E-state index is 10.5. The quantitative estimate of drug-likeness (QED) is 0.540. The second-order valence-corrected chi connectivity index (χ2v) is 2.25. The number of aromatic amines is 1. The van der Waals surface area contributed by atoms with E-state index in [4.69, 9.17) is 10.8 Å². The highest BCUT2D eigenvalue weighted by Crippen LogP contribution is 2.08. The van der Waals surface area contributed by atoms with Crippen LogP contribution in [0, 0.1) is 0 Å². The summed E-state index contributed by atoms with van der Waals surface area (Å²) in [5.41, 5.74) is 5.55. The highest BCUT2D eigenvalue weighted by Gasteiger charge is 2.08. The number of aromatic nitrogens is 2. The van der Waals surface area contributed by atoms with E-state index in [2.05, 4.69) is 10.2 Å². The van der Waals surface area contributed by atoms with E-state index in [0.29, 0.717) is 5.69 Å². The second kappa shape index (κ2) is 2.71. The van der Waals surface area contributed by atoms with Gasteiger partial charge in [0.25, 0.3) is 5.91 Å². The van der Waals surface area contributed by atoms with Gasteiger partial charge in [-0.1, -0.05) is 0 Å². The minimum absolute atomic E-state index is 0.140. The first-order valence-electron chi connectivity index (χ1n) is 3.14. The molecule has 11 heavy (non-hydrogen) atoms. The Morgan fingerprint density at radius 1 is 1.91 bits per heavy atom. The van der Waals surface area contributed by atoms with Gasteiger partial charge in [-0.2, -0.15) is 5.10 Å². The Morgan fingerprint density at radius 3 is 2.82 bits per heavy atom. The van der Waals surface area contributed by atoms with Crippen LogP contribution in [0.2, 0.25) is 0 Å². The van der Waals surface area contributed by atoms with Crippen LogP contribution in [0.15, 0.2) is 6.07 Å². The molecule has 1 amide bonds. The van der Waals surface area contributed by atoms with Crippen LogP contribution in [0.5, 0.6) is 0 Å². The molecule has 1 rings (SSSR count). The lowest BCUT2D eigenvalue weighted by Gasteiger charge is -1.95. The van der Waals surface area contributed by atoms with Crippen LogP contribution in [0.25, 0.3) is 0 Å². The molecule has 0 aliphatic heterocycles. The predicted molar refractivity (Wildman–Crippen MR) is 37.7 cm³/mol. The second-order valence-electron chi connectivity index (χ2n) is 2.25. The normalized spacial score (nSPS) is 12.9. The van der Waals surface area contributed by atoms with Gasteiger partial charge < -0.3 is 10.8 Å². The molecule has 0 saturated heterocycles. The molecule has 0 aliphatic carbocycles. The third-order valence-electron chi connectivity index (χ3n) is 1.30. The van der Waals surface area contributed by atoms with Gasteiger partial charge >= 0.3 is 0 Å². The van der Waals surface area contributed by atoms with Gasteiger partial charge in [-0.15, -0.1) is 0 Å². The molecule has 1 atom stereocenters. The molecule has 0 bridgehead atoms. The molecular formula is C6H9N3O2. The lowest BCUT2D eigenvalue weighted by atomic mass is 10.2. The number of amides is 1. The number of H-pyrrole nitrogens is 1. The summed E-state index contributed by atoms with van der Waals surface area (Å²) in [4.78, 5) is 10.5. The monoisotopic (exact) mass is 155 g/mol. The molecule has 0 saturated carbocycles. The van der Waals surface area contributed by atoms with Crippen LogP contribution < -0.4 is 5.73 Å². The van der Waals surface area contributed by atoms with Gasteiger partial charge in [-0.05, 0) is 13.0 Å². The van der Waals surface area contributed by atoms with Crippen molar-refractivity contribution in [1.29, 1.82) is 0 Å². The summed E-state index contributed by atoms with van der Waals surface area (Å²) in [7, 11) is 0. The average molecular weight is 155 g/mol. The van der Waals surface area contributed by atoms with Crippen LogP contribution in [0.3, 0.4) is 0 Å². The Labute approximate surface area is 63.2 Å². The fourth-order valence-corrected chi connectivity index (χ4v) is 0.677. The minimum Gasteiger partial charge on any atom is -0.387 e. The Hall–Kier alpha value is -1.36. The Kier molecular flexibility index (Phi) is 1.91. The molecule has 0 unspecified atom stereocenters. The number of carbonyl (C=O) groups excluding carboxylic acids is 1. The van der Waals surface area contributed by atoms with Crippen molar-refractivity contribution in [3.8, 4) is 0 Å². The van der Waals surface area contributed by atoms with Crippen molar-refractivity contribution in [2.75, 3.05) is 0 Å². The molecular weight excluding hydrogens is 146 g/mol. The molecule has 5 nitrogen and oxygen atoms in total. The summed E-state index contributed by atoms with van der Waals surface area (Å²) < 4.78 is 0. The van der Waals surface area contributed by atoms with Crippen LogP contribution in [-0.2, 0) is 0 Å². The number of nitrogens with two attached hydrogens (primary N) is 1.